The highest BCUT2D eigenvalue weighted by Gasteiger charge is 2.30. The van der Waals surface area contributed by atoms with Crippen molar-refractivity contribution in [1.82, 2.24) is 15.1 Å². The molecule has 5 nitrogen and oxygen atoms in total. The van der Waals surface area contributed by atoms with Gasteiger partial charge in [0.2, 0.25) is 0 Å². The van der Waals surface area contributed by atoms with E-state index in [0.717, 1.165) is 19.6 Å². The van der Waals surface area contributed by atoms with Crippen LogP contribution in [0.3, 0.4) is 0 Å². The summed E-state index contributed by atoms with van der Waals surface area (Å²) in [6.45, 7) is 13.4. The monoisotopic (exact) mass is 269 g/mol. The fourth-order valence-electron chi connectivity index (χ4n) is 2.22. The number of hydrogen-bond acceptors (Lipinski definition) is 4. The molecular weight excluding hydrogens is 242 g/mol. The van der Waals surface area contributed by atoms with Gasteiger partial charge in [-0.25, -0.2) is 4.79 Å². The summed E-state index contributed by atoms with van der Waals surface area (Å²) >= 11 is 0. The van der Waals surface area contributed by atoms with Crippen molar-refractivity contribution >= 4 is 6.09 Å². The molecule has 1 atom stereocenters. The average molecular weight is 269 g/mol. The third-order valence-electron chi connectivity index (χ3n) is 3.06. The molecular formula is C14H27N3O2. The number of likely N-dealkylation sites (N-methyl/N-ethyl adjacent to an activating group) is 1. The molecule has 1 N–H and O–H groups in total. The maximum absolute atomic E-state index is 12.1. The number of amides is 1. The highest BCUT2D eigenvalue weighted by molar-refractivity contribution is 5.68. The minimum atomic E-state index is -0.437. The van der Waals surface area contributed by atoms with Gasteiger partial charge in [0.1, 0.15) is 5.60 Å². The first-order valence-electron chi connectivity index (χ1n) is 6.85. The molecule has 0 aromatic carbocycles. The molecule has 5 heteroatoms. The Hall–Kier alpha value is -1.07. The second-order valence-electron chi connectivity index (χ2n) is 5.92. The highest BCUT2D eigenvalue weighted by atomic mass is 16.6. The summed E-state index contributed by atoms with van der Waals surface area (Å²) < 4.78 is 5.43. The Balaban J connectivity index is 2.60. The average Bonchev–Trinajstić information content (AvgIpc) is 2.29. The van der Waals surface area contributed by atoms with E-state index in [4.69, 9.17) is 4.74 Å². The van der Waals surface area contributed by atoms with Crippen LogP contribution in [-0.2, 0) is 4.74 Å². The Morgan fingerprint density at radius 1 is 1.47 bits per heavy atom. The van der Waals surface area contributed by atoms with Crippen molar-refractivity contribution in [2.45, 2.75) is 32.4 Å². The van der Waals surface area contributed by atoms with Crippen LogP contribution in [0, 0.1) is 0 Å². The molecule has 1 aliphatic heterocycles. The Kier molecular flexibility index (Phi) is 5.82. The van der Waals surface area contributed by atoms with Crippen molar-refractivity contribution in [3.63, 3.8) is 0 Å². The molecule has 1 fully saturated rings. The summed E-state index contributed by atoms with van der Waals surface area (Å²) in [6.07, 6.45) is 1.69. The lowest BCUT2D eigenvalue weighted by Gasteiger charge is -2.41. The largest absolute Gasteiger partial charge is 0.444 e. The SMILES string of the molecule is C=CCN1CCN(C(=O)OC(C)(C)C)CC1CNC. The second kappa shape index (κ2) is 6.91. The van der Waals surface area contributed by atoms with Crippen LogP contribution in [0.2, 0.25) is 0 Å². The van der Waals surface area contributed by atoms with Gasteiger partial charge >= 0.3 is 6.09 Å². The molecule has 0 aromatic heterocycles. The zero-order valence-corrected chi connectivity index (χ0v) is 12.6. The minimum Gasteiger partial charge on any atom is -0.444 e. The maximum Gasteiger partial charge on any atom is 0.410 e. The van der Waals surface area contributed by atoms with Crippen molar-refractivity contribution in [3.8, 4) is 0 Å². The Labute approximate surface area is 116 Å². The Morgan fingerprint density at radius 3 is 2.68 bits per heavy atom. The van der Waals surface area contributed by atoms with Gasteiger partial charge in [0.05, 0.1) is 0 Å². The van der Waals surface area contributed by atoms with Crippen molar-refractivity contribution < 1.29 is 9.53 Å². The fourth-order valence-corrected chi connectivity index (χ4v) is 2.22. The van der Waals surface area contributed by atoms with Gasteiger partial charge in [0.15, 0.2) is 0 Å². The van der Waals surface area contributed by atoms with Crippen LogP contribution in [0.25, 0.3) is 0 Å². The normalized spacial score (nSPS) is 21.3. The van der Waals surface area contributed by atoms with Gasteiger partial charge in [-0.1, -0.05) is 6.08 Å². The molecule has 1 unspecified atom stereocenters. The molecule has 1 saturated heterocycles. The molecule has 1 rings (SSSR count). The quantitative estimate of drug-likeness (QED) is 0.782. The van der Waals surface area contributed by atoms with E-state index in [9.17, 15) is 4.79 Å². The molecule has 0 aromatic rings. The summed E-state index contributed by atoms with van der Waals surface area (Å²) in [5, 5.41) is 3.18. The first kappa shape index (κ1) is 16.0. The summed E-state index contributed by atoms with van der Waals surface area (Å²) in [4.78, 5) is 16.2. The number of nitrogens with zero attached hydrogens (tertiary/aromatic N) is 2. The minimum absolute atomic E-state index is 0.216. The third-order valence-corrected chi connectivity index (χ3v) is 3.06. The molecule has 0 saturated carbocycles. The van der Waals surface area contributed by atoms with Crippen LogP contribution >= 0.6 is 0 Å². The van der Waals surface area contributed by atoms with Crippen molar-refractivity contribution in [1.29, 1.82) is 0 Å². The zero-order chi connectivity index (χ0) is 14.5. The smallest absolute Gasteiger partial charge is 0.410 e. The lowest BCUT2D eigenvalue weighted by Crippen LogP contribution is -2.58. The van der Waals surface area contributed by atoms with E-state index in [1.54, 1.807) is 4.90 Å². The van der Waals surface area contributed by atoms with Gasteiger partial charge in [-0.15, -0.1) is 6.58 Å². The molecule has 19 heavy (non-hydrogen) atoms. The second-order valence-corrected chi connectivity index (χ2v) is 5.92. The van der Waals surface area contributed by atoms with Crippen LogP contribution in [-0.4, -0.2) is 67.3 Å². The van der Waals surface area contributed by atoms with Crippen LogP contribution in [0.1, 0.15) is 20.8 Å². The van der Waals surface area contributed by atoms with E-state index in [2.05, 4.69) is 16.8 Å². The summed E-state index contributed by atoms with van der Waals surface area (Å²) in [6, 6.07) is 0.310. The van der Waals surface area contributed by atoms with Crippen LogP contribution in [0.15, 0.2) is 12.7 Å². The van der Waals surface area contributed by atoms with Gasteiger partial charge in [0, 0.05) is 38.8 Å². The third kappa shape index (κ3) is 5.20. The van der Waals surface area contributed by atoms with Gasteiger partial charge in [0.25, 0.3) is 0 Å². The first-order valence-corrected chi connectivity index (χ1v) is 6.85. The number of ether oxygens (including phenoxy) is 1. The van der Waals surface area contributed by atoms with E-state index >= 15 is 0 Å². The van der Waals surface area contributed by atoms with E-state index in [1.165, 1.54) is 0 Å². The molecule has 1 heterocycles. The predicted octanol–water partition coefficient (Wildman–Crippen LogP) is 1.31. The van der Waals surface area contributed by atoms with Crippen LogP contribution in [0.4, 0.5) is 4.79 Å². The molecule has 0 aliphatic carbocycles. The van der Waals surface area contributed by atoms with Crippen molar-refractivity contribution in [3.05, 3.63) is 12.7 Å². The number of hydrogen-bond donors (Lipinski definition) is 1. The topological polar surface area (TPSA) is 44.8 Å². The summed E-state index contributed by atoms with van der Waals surface area (Å²) in [5.41, 5.74) is -0.437. The molecule has 0 bridgehead atoms. The maximum atomic E-state index is 12.1. The Bertz CT molecular complexity index is 312. The van der Waals surface area contributed by atoms with E-state index in [0.29, 0.717) is 19.1 Å². The summed E-state index contributed by atoms with van der Waals surface area (Å²) in [7, 11) is 1.93. The molecule has 110 valence electrons. The highest BCUT2D eigenvalue weighted by Crippen LogP contribution is 2.14. The number of piperazine rings is 1. The standard InChI is InChI=1S/C14H27N3O2/c1-6-7-16-8-9-17(11-12(16)10-15-5)13(18)19-14(2,3)4/h6,12,15H,1,7-11H2,2-5H3. The molecule has 0 radical (unpaired) electrons. The summed E-state index contributed by atoms with van der Waals surface area (Å²) in [5.74, 6) is 0. The number of rotatable bonds is 4. The van der Waals surface area contributed by atoms with Gasteiger partial charge in [-0.3, -0.25) is 4.90 Å². The first-order chi connectivity index (χ1) is 8.87. The number of carbonyl (C=O) groups excluding carboxylic acids is 1. The lowest BCUT2D eigenvalue weighted by molar-refractivity contribution is 0.00583. The van der Waals surface area contributed by atoms with Gasteiger partial charge < -0.3 is 15.0 Å². The predicted molar refractivity (Wildman–Crippen MR) is 77.3 cm³/mol. The molecule has 1 amide bonds. The molecule has 0 spiro atoms. The Morgan fingerprint density at radius 2 is 2.16 bits per heavy atom. The lowest BCUT2D eigenvalue weighted by atomic mass is 10.1. The van der Waals surface area contributed by atoms with Gasteiger partial charge in [-0.05, 0) is 27.8 Å². The van der Waals surface area contributed by atoms with Crippen molar-refractivity contribution in [2.24, 2.45) is 0 Å². The van der Waals surface area contributed by atoms with Crippen LogP contribution in [0.5, 0.6) is 0 Å². The van der Waals surface area contributed by atoms with Crippen LogP contribution < -0.4 is 5.32 Å². The van der Waals surface area contributed by atoms with Crippen molar-refractivity contribution in [2.75, 3.05) is 39.8 Å². The number of carbonyl (C=O) groups is 1. The van der Waals surface area contributed by atoms with E-state index in [1.807, 2.05) is 33.9 Å². The van der Waals surface area contributed by atoms with E-state index in [-0.39, 0.29) is 6.09 Å². The van der Waals surface area contributed by atoms with Gasteiger partial charge in [-0.2, -0.15) is 0 Å². The fraction of sp³-hybridized carbons (Fsp3) is 0.786. The van der Waals surface area contributed by atoms with E-state index < -0.39 is 5.60 Å². The number of nitrogens with one attached hydrogen (secondary N) is 1. The zero-order valence-electron chi connectivity index (χ0n) is 12.6. The molecule has 1 aliphatic rings.